The fourth-order valence-electron chi connectivity index (χ4n) is 3.64. The molecule has 2 N–H and O–H groups in total. The van der Waals surface area contributed by atoms with Gasteiger partial charge in [0.2, 0.25) is 5.75 Å². The second-order valence-electron chi connectivity index (χ2n) is 6.90. The number of nitro benzene ring substituents is 1. The van der Waals surface area contributed by atoms with E-state index in [9.17, 15) is 20.0 Å². The molecule has 0 amide bonds. The second-order valence-corrected chi connectivity index (χ2v) is 7.28. The van der Waals surface area contributed by atoms with Crippen LogP contribution in [0.1, 0.15) is 42.7 Å². The highest BCUT2D eigenvalue weighted by Gasteiger charge is 2.35. The minimum absolute atomic E-state index is 0.0264. The molecular weight excluding hydrogens is 418 g/mol. The molecule has 1 aliphatic rings. The number of carbonyl (C=O) groups excluding carboxylic acids is 1. The first-order valence-corrected chi connectivity index (χ1v) is 10.2. The Kier molecular flexibility index (Phi) is 6.55. The average molecular weight is 442 g/mol. The fourth-order valence-corrected chi connectivity index (χ4v) is 4.02. The number of aromatic hydroxyl groups is 1. The predicted molar refractivity (Wildman–Crippen MR) is 120 cm³/mol. The van der Waals surface area contributed by atoms with Gasteiger partial charge in [-0.05, 0) is 44.6 Å². The van der Waals surface area contributed by atoms with Crippen LogP contribution in [0.5, 0.6) is 11.5 Å². The van der Waals surface area contributed by atoms with Crippen molar-refractivity contribution < 1.29 is 19.6 Å². The summed E-state index contributed by atoms with van der Waals surface area (Å²) in [6, 6.07) is 10.8. The zero-order valence-corrected chi connectivity index (χ0v) is 18.2. The summed E-state index contributed by atoms with van der Waals surface area (Å²) in [4.78, 5) is 26.1. The summed E-state index contributed by atoms with van der Waals surface area (Å²) in [5.41, 5.74) is 1.47. The van der Waals surface area contributed by atoms with Gasteiger partial charge in [0.1, 0.15) is 0 Å². The number of phenolic OH excluding ortho intramolecular Hbond substituents is 1. The highest BCUT2D eigenvalue weighted by Crippen LogP contribution is 2.42. The zero-order chi connectivity index (χ0) is 22.7. The SMILES string of the molecule is CCOc1cc(C2NC(=S)N(CC)C(C)=C2C(=O)c2ccccc2)cc([N+](=O)[O-])c1O. The average Bonchev–Trinajstić information content (AvgIpc) is 2.75. The molecule has 0 aliphatic carbocycles. The van der Waals surface area contributed by atoms with Crippen LogP contribution < -0.4 is 10.1 Å². The lowest BCUT2D eigenvalue weighted by Gasteiger charge is -2.37. The number of rotatable bonds is 7. The number of phenols is 1. The van der Waals surface area contributed by atoms with Gasteiger partial charge in [-0.1, -0.05) is 30.3 Å². The summed E-state index contributed by atoms with van der Waals surface area (Å²) in [6.45, 7) is 6.19. The number of nitro groups is 1. The van der Waals surface area contributed by atoms with Crippen LogP contribution in [-0.4, -0.2) is 39.0 Å². The summed E-state index contributed by atoms with van der Waals surface area (Å²) < 4.78 is 5.41. The van der Waals surface area contributed by atoms with Gasteiger partial charge in [-0.2, -0.15) is 0 Å². The number of carbonyl (C=O) groups is 1. The molecular formula is C22H23N3O5S. The summed E-state index contributed by atoms with van der Waals surface area (Å²) in [7, 11) is 0. The van der Waals surface area contributed by atoms with Crippen LogP contribution >= 0.6 is 12.2 Å². The minimum atomic E-state index is -0.749. The van der Waals surface area contributed by atoms with Gasteiger partial charge < -0.3 is 20.1 Å². The van der Waals surface area contributed by atoms with Crippen molar-refractivity contribution >= 4 is 28.8 Å². The van der Waals surface area contributed by atoms with Crippen LogP contribution in [0.3, 0.4) is 0 Å². The molecule has 0 radical (unpaired) electrons. The Hall–Kier alpha value is -3.46. The number of nitrogens with zero attached hydrogens (tertiary/aromatic N) is 2. The Morgan fingerprint density at radius 3 is 2.55 bits per heavy atom. The highest BCUT2D eigenvalue weighted by molar-refractivity contribution is 7.80. The lowest BCUT2D eigenvalue weighted by Crippen LogP contribution is -2.47. The summed E-state index contributed by atoms with van der Waals surface area (Å²) >= 11 is 5.49. The maximum atomic E-state index is 13.5. The van der Waals surface area contributed by atoms with Crippen molar-refractivity contribution in [1.29, 1.82) is 0 Å². The number of benzene rings is 2. The van der Waals surface area contributed by atoms with E-state index in [0.29, 0.717) is 34.1 Å². The summed E-state index contributed by atoms with van der Waals surface area (Å²) in [6.07, 6.45) is 0. The van der Waals surface area contributed by atoms with Gasteiger partial charge in [0.05, 0.1) is 17.6 Å². The van der Waals surface area contributed by atoms with Gasteiger partial charge in [0.15, 0.2) is 16.6 Å². The van der Waals surface area contributed by atoms with E-state index in [1.807, 2.05) is 13.0 Å². The smallest absolute Gasteiger partial charge is 0.315 e. The van der Waals surface area contributed by atoms with Crippen molar-refractivity contribution in [3.8, 4) is 11.5 Å². The molecule has 9 heteroatoms. The first kappa shape index (κ1) is 22.2. The number of hydrogen-bond donors (Lipinski definition) is 2. The van der Waals surface area contributed by atoms with Gasteiger partial charge in [-0.15, -0.1) is 0 Å². The van der Waals surface area contributed by atoms with Crippen molar-refractivity contribution in [1.82, 2.24) is 10.2 Å². The lowest BCUT2D eigenvalue weighted by atomic mass is 9.88. The normalized spacial score (nSPS) is 16.2. The first-order chi connectivity index (χ1) is 14.8. The first-order valence-electron chi connectivity index (χ1n) is 9.82. The standard InChI is InChI=1S/C22H23N3O5S/c1-4-24-13(3)18(20(26)14-9-7-6-8-10-14)19(23-22(24)31)15-11-16(25(28)29)21(27)17(12-15)30-5-2/h6-12,19,27H,4-5H2,1-3H3,(H,23,31). The number of ether oxygens (including phenoxy) is 1. The van der Waals surface area contributed by atoms with Crippen molar-refractivity contribution in [2.45, 2.75) is 26.8 Å². The van der Waals surface area contributed by atoms with E-state index < -0.39 is 22.4 Å². The zero-order valence-electron chi connectivity index (χ0n) is 17.4. The Morgan fingerprint density at radius 1 is 1.29 bits per heavy atom. The Labute approximate surface area is 185 Å². The molecule has 1 heterocycles. The van der Waals surface area contributed by atoms with Gasteiger partial charge in [0.25, 0.3) is 0 Å². The molecule has 1 unspecified atom stereocenters. The third-order valence-corrected chi connectivity index (χ3v) is 5.44. The molecule has 0 aromatic heterocycles. The quantitative estimate of drug-likeness (QED) is 0.286. The van der Waals surface area contributed by atoms with Crippen LogP contribution in [0.4, 0.5) is 5.69 Å². The molecule has 1 aliphatic heterocycles. The van der Waals surface area contributed by atoms with Crippen molar-refractivity contribution in [3.05, 3.63) is 75.0 Å². The maximum Gasteiger partial charge on any atom is 0.315 e. The van der Waals surface area contributed by atoms with Crippen molar-refractivity contribution in [2.75, 3.05) is 13.2 Å². The minimum Gasteiger partial charge on any atom is -0.500 e. The Balaban J connectivity index is 2.22. The molecule has 1 atom stereocenters. The third-order valence-electron chi connectivity index (χ3n) is 5.10. The topological polar surface area (TPSA) is 105 Å². The van der Waals surface area contributed by atoms with Crippen molar-refractivity contribution in [3.63, 3.8) is 0 Å². The third kappa shape index (κ3) is 4.22. The Bertz CT molecular complexity index is 1070. The number of thiocarbonyl (C=S) groups is 1. The Morgan fingerprint density at radius 2 is 1.97 bits per heavy atom. The van der Waals surface area contributed by atoms with E-state index >= 15 is 0 Å². The summed E-state index contributed by atoms with van der Waals surface area (Å²) in [5, 5.41) is 25.3. The second kappa shape index (κ2) is 9.13. The molecule has 0 fully saturated rings. The molecule has 0 saturated heterocycles. The number of ketones is 1. The van der Waals surface area contributed by atoms with E-state index in [1.54, 1.807) is 43.0 Å². The highest BCUT2D eigenvalue weighted by atomic mass is 32.1. The van der Waals surface area contributed by atoms with Gasteiger partial charge in [0, 0.05) is 29.4 Å². The van der Waals surface area contributed by atoms with E-state index in [-0.39, 0.29) is 18.1 Å². The number of Topliss-reactive ketones (excluding diaryl/α,β-unsaturated/α-hetero) is 1. The van der Waals surface area contributed by atoms with Gasteiger partial charge in [-0.3, -0.25) is 14.9 Å². The van der Waals surface area contributed by atoms with Gasteiger partial charge >= 0.3 is 5.69 Å². The molecule has 0 bridgehead atoms. The molecule has 2 aromatic carbocycles. The molecule has 0 saturated carbocycles. The van der Waals surface area contributed by atoms with Crippen LogP contribution in [0.25, 0.3) is 0 Å². The number of allylic oxidation sites excluding steroid dienone is 1. The van der Waals surface area contributed by atoms with Crippen LogP contribution in [0, 0.1) is 10.1 Å². The van der Waals surface area contributed by atoms with Crippen LogP contribution in [0.15, 0.2) is 53.7 Å². The number of hydrogen-bond acceptors (Lipinski definition) is 6. The predicted octanol–water partition coefficient (Wildman–Crippen LogP) is 4.11. The van der Waals surface area contributed by atoms with Crippen molar-refractivity contribution in [2.24, 2.45) is 0 Å². The fraction of sp³-hybridized carbons (Fsp3) is 0.273. The van der Waals surface area contributed by atoms with E-state index in [4.69, 9.17) is 17.0 Å². The van der Waals surface area contributed by atoms with E-state index in [2.05, 4.69) is 5.32 Å². The van der Waals surface area contributed by atoms with Crippen LogP contribution in [-0.2, 0) is 0 Å². The summed E-state index contributed by atoms with van der Waals surface area (Å²) in [5.74, 6) is -0.799. The number of nitrogens with one attached hydrogen (secondary N) is 1. The largest absolute Gasteiger partial charge is 0.500 e. The van der Waals surface area contributed by atoms with Crippen LogP contribution in [0.2, 0.25) is 0 Å². The maximum absolute atomic E-state index is 13.5. The molecule has 8 nitrogen and oxygen atoms in total. The molecule has 31 heavy (non-hydrogen) atoms. The van der Waals surface area contributed by atoms with E-state index in [0.717, 1.165) is 0 Å². The monoisotopic (exact) mass is 441 g/mol. The lowest BCUT2D eigenvalue weighted by molar-refractivity contribution is -0.386. The molecule has 162 valence electrons. The van der Waals surface area contributed by atoms with Gasteiger partial charge in [-0.25, -0.2) is 0 Å². The van der Waals surface area contributed by atoms with E-state index in [1.165, 1.54) is 12.1 Å². The molecule has 0 spiro atoms. The molecule has 3 rings (SSSR count). The molecule has 2 aromatic rings.